The van der Waals surface area contributed by atoms with Gasteiger partial charge in [0, 0.05) is 12.1 Å². The van der Waals surface area contributed by atoms with E-state index in [4.69, 9.17) is 5.73 Å². The van der Waals surface area contributed by atoms with Gasteiger partial charge in [-0.05, 0) is 13.8 Å². The van der Waals surface area contributed by atoms with Crippen LogP contribution in [-0.2, 0) is 0 Å². The summed E-state index contributed by atoms with van der Waals surface area (Å²) in [7, 11) is 0. The fourth-order valence-corrected chi connectivity index (χ4v) is 1.01. The van der Waals surface area contributed by atoms with Gasteiger partial charge in [-0.2, -0.15) is 5.10 Å². The van der Waals surface area contributed by atoms with Crippen LogP contribution in [0.4, 0.5) is 14.6 Å². The molecule has 0 saturated carbocycles. The zero-order valence-corrected chi connectivity index (χ0v) is 6.96. The molecule has 0 aliphatic heterocycles. The van der Waals surface area contributed by atoms with E-state index in [0.29, 0.717) is 0 Å². The second kappa shape index (κ2) is 3.08. The van der Waals surface area contributed by atoms with Crippen molar-refractivity contribution < 1.29 is 8.78 Å². The van der Waals surface area contributed by atoms with Gasteiger partial charge in [-0.15, -0.1) is 0 Å². The molecule has 1 aromatic heterocycles. The predicted octanol–water partition coefficient (Wildman–Crippen LogP) is 1.98. The molecule has 0 radical (unpaired) electrons. The average Bonchev–Trinajstić information content (AvgIpc) is 2.31. The van der Waals surface area contributed by atoms with Crippen LogP contribution in [0.1, 0.15) is 32.0 Å². The van der Waals surface area contributed by atoms with Gasteiger partial charge in [-0.25, -0.2) is 8.78 Å². The minimum absolute atomic E-state index is 0.0914. The van der Waals surface area contributed by atoms with Crippen LogP contribution in [0.2, 0.25) is 0 Å². The summed E-state index contributed by atoms with van der Waals surface area (Å²) in [5.74, 6) is 0.138. The van der Waals surface area contributed by atoms with E-state index in [9.17, 15) is 8.78 Å². The van der Waals surface area contributed by atoms with Crippen molar-refractivity contribution in [3.8, 4) is 0 Å². The standard InChI is InChI=1S/C7H11F2N3/c1-4(2)12-5(7(8)9)3-6(10)11-12/h3-4,7H,1-2H3,(H2,10,11). The Kier molecular flexibility index (Phi) is 2.30. The zero-order valence-electron chi connectivity index (χ0n) is 6.96. The molecule has 0 amide bonds. The van der Waals surface area contributed by atoms with Crippen LogP contribution < -0.4 is 5.73 Å². The lowest BCUT2D eigenvalue weighted by atomic mass is 10.3. The fourth-order valence-electron chi connectivity index (χ4n) is 1.01. The summed E-state index contributed by atoms with van der Waals surface area (Å²) in [6.07, 6.45) is -2.52. The lowest BCUT2D eigenvalue weighted by Crippen LogP contribution is -2.07. The van der Waals surface area contributed by atoms with Gasteiger partial charge < -0.3 is 5.73 Å². The Bertz CT molecular complexity index is 242. The quantitative estimate of drug-likeness (QED) is 0.746. The number of hydrogen-bond donors (Lipinski definition) is 1. The summed E-state index contributed by atoms with van der Waals surface area (Å²) in [6, 6.07) is 1.11. The molecule has 12 heavy (non-hydrogen) atoms. The molecule has 0 bridgehead atoms. The first kappa shape index (κ1) is 8.96. The van der Waals surface area contributed by atoms with Crippen LogP contribution in [0, 0.1) is 0 Å². The van der Waals surface area contributed by atoms with Crippen molar-refractivity contribution in [2.75, 3.05) is 5.73 Å². The number of rotatable bonds is 2. The molecular formula is C7H11F2N3. The Morgan fingerprint density at radius 3 is 2.42 bits per heavy atom. The first-order valence-electron chi connectivity index (χ1n) is 3.65. The van der Waals surface area contributed by atoms with Crippen molar-refractivity contribution >= 4 is 5.82 Å². The Hall–Kier alpha value is -1.13. The summed E-state index contributed by atoms with van der Waals surface area (Å²) in [5.41, 5.74) is 5.17. The molecule has 1 heterocycles. The van der Waals surface area contributed by atoms with Crippen molar-refractivity contribution in [2.24, 2.45) is 0 Å². The first-order chi connectivity index (χ1) is 5.52. The van der Waals surface area contributed by atoms with Crippen molar-refractivity contribution in [3.05, 3.63) is 11.8 Å². The molecule has 0 aliphatic rings. The fraction of sp³-hybridized carbons (Fsp3) is 0.571. The number of nitrogen functional groups attached to an aromatic ring is 1. The Morgan fingerprint density at radius 1 is 1.50 bits per heavy atom. The highest BCUT2D eigenvalue weighted by molar-refractivity contribution is 5.30. The highest BCUT2D eigenvalue weighted by Crippen LogP contribution is 2.23. The van der Waals surface area contributed by atoms with Gasteiger partial charge in [0.2, 0.25) is 0 Å². The van der Waals surface area contributed by atoms with E-state index in [1.54, 1.807) is 13.8 Å². The van der Waals surface area contributed by atoms with Crippen molar-refractivity contribution in [1.82, 2.24) is 9.78 Å². The summed E-state index contributed by atoms with van der Waals surface area (Å²) in [5, 5.41) is 3.75. The van der Waals surface area contributed by atoms with E-state index in [1.807, 2.05) is 0 Å². The number of hydrogen-bond acceptors (Lipinski definition) is 2. The van der Waals surface area contributed by atoms with Gasteiger partial charge in [-0.3, -0.25) is 4.68 Å². The Balaban J connectivity index is 3.08. The van der Waals surface area contributed by atoms with Crippen LogP contribution in [0.25, 0.3) is 0 Å². The van der Waals surface area contributed by atoms with Gasteiger partial charge in [0.05, 0.1) is 0 Å². The molecule has 0 aromatic carbocycles. The van der Waals surface area contributed by atoms with Crippen LogP contribution in [0.3, 0.4) is 0 Å². The third-order valence-corrected chi connectivity index (χ3v) is 1.50. The third-order valence-electron chi connectivity index (χ3n) is 1.50. The van der Waals surface area contributed by atoms with Gasteiger partial charge in [0.25, 0.3) is 6.43 Å². The summed E-state index contributed by atoms with van der Waals surface area (Å²) in [6.45, 7) is 3.55. The number of alkyl halides is 2. The first-order valence-corrected chi connectivity index (χ1v) is 3.65. The third kappa shape index (κ3) is 1.54. The molecule has 0 saturated heterocycles. The summed E-state index contributed by atoms with van der Waals surface area (Å²) < 4.78 is 25.8. The molecule has 5 heteroatoms. The highest BCUT2D eigenvalue weighted by Gasteiger charge is 2.16. The number of anilines is 1. The normalized spacial score (nSPS) is 11.5. The average molecular weight is 175 g/mol. The van der Waals surface area contributed by atoms with E-state index < -0.39 is 6.43 Å². The number of nitrogens with two attached hydrogens (primary N) is 1. The smallest absolute Gasteiger partial charge is 0.280 e. The monoisotopic (exact) mass is 175 g/mol. The maximum absolute atomic E-state index is 12.3. The molecule has 0 aliphatic carbocycles. The molecule has 0 atom stereocenters. The topological polar surface area (TPSA) is 43.8 Å². The van der Waals surface area contributed by atoms with Crippen LogP contribution in [0.15, 0.2) is 6.07 Å². The van der Waals surface area contributed by atoms with E-state index in [2.05, 4.69) is 5.10 Å². The van der Waals surface area contributed by atoms with Gasteiger partial charge in [0.1, 0.15) is 11.5 Å². The van der Waals surface area contributed by atoms with Crippen molar-refractivity contribution in [1.29, 1.82) is 0 Å². The van der Waals surface area contributed by atoms with E-state index in [1.165, 1.54) is 10.7 Å². The second-order valence-corrected chi connectivity index (χ2v) is 2.83. The molecule has 1 rings (SSSR count). The van der Waals surface area contributed by atoms with Gasteiger partial charge >= 0.3 is 0 Å². The lowest BCUT2D eigenvalue weighted by Gasteiger charge is -2.09. The Labute approximate surface area is 69.2 Å². The lowest BCUT2D eigenvalue weighted by molar-refractivity contribution is 0.137. The molecule has 68 valence electrons. The molecule has 0 fully saturated rings. The van der Waals surface area contributed by atoms with Crippen molar-refractivity contribution in [3.63, 3.8) is 0 Å². The maximum Gasteiger partial charge on any atom is 0.280 e. The zero-order chi connectivity index (χ0) is 9.30. The van der Waals surface area contributed by atoms with E-state index >= 15 is 0 Å². The molecule has 0 spiro atoms. The highest BCUT2D eigenvalue weighted by atomic mass is 19.3. The van der Waals surface area contributed by atoms with E-state index in [0.717, 1.165) is 0 Å². The minimum atomic E-state index is -2.52. The number of halogens is 2. The van der Waals surface area contributed by atoms with Crippen LogP contribution in [0.5, 0.6) is 0 Å². The molecule has 1 aromatic rings. The molecule has 0 unspecified atom stereocenters. The second-order valence-electron chi connectivity index (χ2n) is 2.83. The van der Waals surface area contributed by atoms with Crippen molar-refractivity contribution in [2.45, 2.75) is 26.3 Å². The SMILES string of the molecule is CC(C)n1nc(N)cc1C(F)F. The molecule has 2 N–H and O–H groups in total. The van der Waals surface area contributed by atoms with Gasteiger partial charge in [-0.1, -0.05) is 0 Å². The van der Waals surface area contributed by atoms with Crippen LogP contribution >= 0.6 is 0 Å². The summed E-state index contributed by atoms with van der Waals surface area (Å²) >= 11 is 0. The molecule has 3 nitrogen and oxygen atoms in total. The minimum Gasteiger partial charge on any atom is -0.382 e. The maximum atomic E-state index is 12.3. The number of nitrogens with zero attached hydrogens (tertiary/aromatic N) is 2. The van der Waals surface area contributed by atoms with E-state index in [-0.39, 0.29) is 17.6 Å². The number of aromatic nitrogens is 2. The van der Waals surface area contributed by atoms with Crippen LogP contribution in [-0.4, -0.2) is 9.78 Å². The summed E-state index contributed by atoms with van der Waals surface area (Å²) in [4.78, 5) is 0. The Morgan fingerprint density at radius 2 is 2.08 bits per heavy atom. The molecular weight excluding hydrogens is 164 g/mol. The van der Waals surface area contributed by atoms with Gasteiger partial charge in [0.15, 0.2) is 0 Å². The largest absolute Gasteiger partial charge is 0.382 e. The predicted molar refractivity (Wildman–Crippen MR) is 42.0 cm³/mol.